The van der Waals surface area contributed by atoms with Crippen molar-refractivity contribution >= 4 is 29.6 Å². The minimum Gasteiger partial charge on any atom is -0.490 e. The number of rotatable bonds is 9. The number of nitrogens with zero attached hydrogens (tertiary/aromatic N) is 2. The van der Waals surface area contributed by atoms with Crippen LogP contribution < -0.4 is 20.2 Å². The van der Waals surface area contributed by atoms with Gasteiger partial charge in [0.15, 0.2) is 6.61 Å². The zero-order valence-electron chi connectivity index (χ0n) is 18.2. The van der Waals surface area contributed by atoms with E-state index in [2.05, 4.69) is 22.4 Å². The fourth-order valence-corrected chi connectivity index (χ4v) is 3.05. The van der Waals surface area contributed by atoms with Crippen LogP contribution in [0.5, 0.6) is 11.5 Å². The summed E-state index contributed by atoms with van der Waals surface area (Å²) in [7, 11) is 0. The highest BCUT2D eigenvalue weighted by Crippen LogP contribution is 2.16. The molecule has 0 radical (unpaired) electrons. The lowest BCUT2D eigenvalue weighted by Gasteiger charge is -2.15. The molecule has 33 heavy (non-hydrogen) atoms. The van der Waals surface area contributed by atoms with Gasteiger partial charge in [0.25, 0.3) is 5.91 Å². The van der Waals surface area contributed by atoms with Gasteiger partial charge in [-0.05, 0) is 66.9 Å². The molecule has 9 heteroatoms. The Balaban J connectivity index is 1.41. The van der Waals surface area contributed by atoms with Crippen molar-refractivity contribution in [3.63, 3.8) is 0 Å². The Morgan fingerprint density at radius 1 is 0.939 bits per heavy atom. The van der Waals surface area contributed by atoms with E-state index in [4.69, 9.17) is 9.47 Å². The zero-order chi connectivity index (χ0) is 23.5. The Morgan fingerprint density at radius 3 is 2.24 bits per heavy atom. The lowest BCUT2D eigenvalue weighted by Crippen LogP contribution is -2.32. The Hall–Kier alpha value is -4.14. The Labute approximate surface area is 192 Å². The third-order valence-corrected chi connectivity index (χ3v) is 4.77. The van der Waals surface area contributed by atoms with Gasteiger partial charge in [0.1, 0.15) is 18.1 Å². The Morgan fingerprint density at radius 2 is 1.58 bits per heavy atom. The second-order valence-corrected chi connectivity index (χ2v) is 7.22. The largest absolute Gasteiger partial charge is 0.490 e. The van der Waals surface area contributed by atoms with Crippen LogP contribution in [0.25, 0.3) is 0 Å². The molecule has 1 saturated heterocycles. The van der Waals surface area contributed by atoms with E-state index in [1.165, 1.54) is 6.21 Å². The molecule has 2 N–H and O–H groups in total. The summed E-state index contributed by atoms with van der Waals surface area (Å²) in [5.41, 5.74) is 3.31. The van der Waals surface area contributed by atoms with Crippen molar-refractivity contribution in [2.24, 2.45) is 5.10 Å². The second-order valence-electron chi connectivity index (χ2n) is 7.22. The van der Waals surface area contributed by atoms with Crippen LogP contribution >= 0.6 is 0 Å². The second kappa shape index (κ2) is 12.0. The van der Waals surface area contributed by atoms with Crippen LogP contribution in [-0.2, 0) is 14.4 Å². The van der Waals surface area contributed by atoms with E-state index in [1.54, 1.807) is 59.5 Å². The van der Waals surface area contributed by atoms with E-state index in [-0.39, 0.29) is 12.5 Å². The predicted octanol–water partition coefficient (Wildman–Crippen LogP) is 2.34. The summed E-state index contributed by atoms with van der Waals surface area (Å²) in [6.07, 6.45) is 5.10. The van der Waals surface area contributed by atoms with Gasteiger partial charge >= 0.3 is 11.8 Å². The number of anilines is 1. The van der Waals surface area contributed by atoms with Crippen LogP contribution in [0.3, 0.4) is 0 Å². The summed E-state index contributed by atoms with van der Waals surface area (Å²) >= 11 is 0. The van der Waals surface area contributed by atoms with Gasteiger partial charge in [-0.15, -0.1) is 0 Å². The van der Waals surface area contributed by atoms with Gasteiger partial charge in [0, 0.05) is 18.8 Å². The summed E-state index contributed by atoms with van der Waals surface area (Å²) in [6.45, 7) is 5.53. The van der Waals surface area contributed by atoms with Crippen LogP contribution in [0.1, 0.15) is 18.4 Å². The summed E-state index contributed by atoms with van der Waals surface area (Å²) in [6, 6.07) is 13.4. The molecule has 2 aromatic rings. The lowest BCUT2D eigenvalue weighted by atomic mass is 10.2. The van der Waals surface area contributed by atoms with Gasteiger partial charge in [-0.1, -0.05) is 12.7 Å². The first-order valence-corrected chi connectivity index (χ1v) is 10.5. The highest BCUT2D eigenvalue weighted by molar-refractivity contribution is 6.39. The maximum atomic E-state index is 12.0. The van der Waals surface area contributed by atoms with E-state index in [9.17, 15) is 14.4 Å². The number of nitrogens with one attached hydrogen (secondary N) is 2. The molecule has 3 amide bonds. The van der Waals surface area contributed by atoms with Crippen LogP contribution in [0.4, 0.5) is 5.69 Å². The van der Waals surface area contributed by atoms with Gasteiger partial charge in [-0.2, -0.15) is 5.10 Å². The van der Waals surface area contributed by atoms with Crippen molar-refractivity contribution in [2.75, 3.05) is 31.6 Å². The quantitative estimate of drug-likeness (QED) is 0.264. The number of hydrogen-bond donors (Lipinski definition) is 2. The maximum absolute atomic E-state index is 12.0. The summed E-state index contributed by atoms with van der Waals surface area (Å²) in [5.74, 6) is -0.589. The third kappa shape index (κ3) is 7.49. The van der Waals surface area contributed by atoms with E-state index in [1.807, 2.05) is 0 Å². The van der Waals surface area contributed by atoms with Gasteiger partial charge in [-0.25, -0.2) is 5.43 Å². The number of benzene rings is 2. The first-order valence-electron chi connectivity index (χ1n) is 10.5. The molecular formula is C24H26N4O5. The summed E-state index contributed by atoms with van der Waals surface area (Å²) in [4.78, 5) is 37.7. The topological polar surface area (TPSA) is 109 Å². The SMILES string of the molecule is C=CCOc1ccc(NC(=O)C(=O)N/N=C\c2ccc(OCC(=O)N3CCCC3)cc2)cc1. The molecule has 0 bridgehead atoms. The average molecular weight is 450 g/mol. The molecule has 172 valence electrons. The maximum Gasteiger partial charge on any atom is 0.329 e. The monoisotopic (exact) mass is 450 g/mol. The fraction of sp³-hybridized carbons (Fsp3) is 0.250. The minimum absolute atomic E-state index is 0.00315. The number of carbonyl (C=O) groups excluding carboxylic acids is 3. The molecule has 0 unspecified atom stereocenters. The van der Waals surface area contributed by atoms with Crippen LogP contribution in [0.2, 0.25) is 0 Å². The zero-order valence-corrected chi connectivity index (χ0v) is 18.2. The third-order valence-electron chi connectivity index (χ3n) is 4.77. The number of ether oxygens (including phenoxy) is 2. The molecule has 2 aromatic carbocycles. The van der Waals surface area contributed by atoms with Gasteiger partial charge < -0.3 is 19.7 Å². The molecule has 1 heterocycles. The van der Waals surface area contributed by atoms with Crippen molar-refractivity contribution in [1.82, 2.24) is 10.3 Å². The standard InChI is InChI=1S/C24H26N4O5/c1-2-15-32-20-11-7-19(8-12-20)26-23(30)24(31)27-25-16-18-5-9-21(10-6-18)33-17-22(29)28-13-3-4-14-28/h2,5-12,16H,1,3-4,13-15,17H2,(H,26,30)(H,27,31)/b25-16-. The van der Waals surface area contributed by atoms with E-state index in [0.29, 0.717) is 29.4 Å². The minimum atomic E-state index is -0.904. The van der Waals surface area contributed by atoms with Crippen molar-refractivity contribution in [3.8, 4) is 11.5 Å². The van der Waals surface area contributed by atoms with Gasteiger partial charge in [0.05, 0.1) is 6.21 Å². The highest BCUT2D eigenvalue weighted by atomic mass is 16.5. The predicted molar refractivity (Wildman–Crippen MR) is 124 cm³/mol. The first-order chi connectivity index (χ1) is 16.0. The number of likely N-dealkylation sites (tertiary alicyclic amines) is 1. The van der Waals surface area contributed by atoms with Crippen LogP contribution in [-0.4, -0.2) is 55.1 Å². The molecule has 1 fully saturated rings. The van der Waals surface area contributed by atoms with Crippen LogP contribution in [0.15, 0.2) is 66.3 Å². The molecular weight excluding hydrogens is 424 g/mol. The normalized spacial score (nSPS) is 12.9. The summed E-state index contributed by atoms with van der Waals surface area (Å²) < 4.78 is 10.9. The number of hydrogen-bond acceptors (Lipinski definition) is 6. The van der Waals surface area contributed by atoms with Crippen molar-refractivity contribution < 1.29 is 23.9 Å². The number of amides is 3. The molecule has 3 rings (SSSR count). The number of hydrazone groups is 1. The molecule has 9 nitrogen and oxygen atoms in total. The molecule has 1 aliphatic rings. The Bertz CT molecular complexity index is 997. The van der Waals surface area contributed by atoms with Gasteiger partial charge in [0.2, 0.25) is 0 Å². The summed E-state index contributed by atoms with van der Waals surface area (Å²) in [5, 5.41) is 6.27. The van der Waals surface area contributed by atoms with E-state index >= 15 is 0 Å². The first kappa shape index (κ1) is 23.5. The smallest absolute Gasteiger partial charge is 0.329 e. The molecule has 0 atom stereocenters. The van der Waals surface area contributed by atoms with Crippen LogP contribution in [0, 0.1) is 0 Å². The average Bonchev–Trinajstić information content (AvgIpc) is 3.38. The van der Waals surface area contributed by atoms with E-state index in [0.717, 1.165) is 25.9 Å². The lowest BCUT2D eigenvalue weighted by molar-refractivity contribution is -0.136. The molecule has 0 aromatic heterocycles. The number of carbonyl (C=O) groups is 3. The van der Waals surface area contributed by atoms with E-state index < -0.39 is 11.8 Å². The fourth-order valence-electron chi connectivity index (χ4n) is 3.05. The van der Waals surface area contributed by atoms with Crippen molar-refractivity contribution in [2.45, 2.75) is 12.8 Å². The highest BCUT2D eigenvalue weighted by Gasteiger charge is 2.18. The molecule has 0 aliphatic carbocycles. The molecule has 0 spiro atoms. The molecule has 1 aliphatic heterocycles. The Kier molecular flexibility index (Phi) is 8.58. The van der Waals surface area contributed by atoms with Crippen molar-refractivity contribution in [3.05, 3.63) is 66.7 Å². The molecule has 0 saturated carbocycles. The van der Waals surface area contributed by atoms with Crippen molar-refractivity contribution in [1.29, 1.82) is 0 Å². The van der Waals surface area contributed by atoms with Gasteiger partial charge in [-0.3, -0.25) is 14.4 Å².